The van der Waals surface area contributed by atoms with Gasteiger partial charge < -0.3 is 0 Å². The molecule has 0 spiro atoms. The lowest BCUT2D eigenvalue weighted by atomic mass is 9.88. The fourth-order valence-electron chi connectivity index (χ4n) is 5.35. The summed E-state index contributed by atoms with van der Waals surface area (Å²) in [5, 5.41) is 4.02. The van der Waals surface area contributed by atoms with Gasteiger partial charge in [-0.1, -0.05) is 155 Å². The molecule has 0 unspecified atom stereocenters. The van der Waals surface area contributed by atoms with Gasteiger partial charge in [0.05, 0.1) is 44.1 Å². The number of benzene rings is 1. The molecule has 260 valence electrons. The first-order chi connectivity index (χ1) is 23.9. The first-order valence-corrected chi connectivity index (χ1v) is 18.2. The van der Waals surface area contributed by atoms with Crippen LogP contribution in [0, 0.1) is 10.8 Å². The van der Waals surface area contributed by atoms with Gasteiger partial charge in [-0.25, -0.2) is 19.9 Å². The lowest BCUT2D eigenvalue weighted by Crippen LogP contribution is -2.07. The van der Waals surface area contributed by atoms with E-state index in [0.29, 0.717) is 10.8 Å². The van der Waals surface area contributed by atoms with Gasteiger partial charge >= 0.3 is 0 Å². The zero-order valence-electron chi connectivity index (χ0n) is 32.1. The van der Waals surface area contributed by atoms with E-state index in [4.69, 9.17) is 19.9 Å². The Kier molecular flexibility index (Phi) is 12.5. The Balaban J connectivity index is 0.000000340. The molecular formula is C46H56N4. The largest absolute Gasteiger partial charge is 0.245 e. The average molecular weight is 665 g/mol. The smallest absolute Gasteiger partial charge is 0.0972 e. The van der Waals surface area contributed by atoms with Gasteiger partial charge in [-0.05, 0) is 54.2 Å². The van der Waals surface area contributed by atoms with Crippen molar-refractivity contribution in [1.82, 2.24) is 19.9 Å². The molecule has 0 atom stereocenters. The van der Waals surface area contributed by atoms with Gasteiger partial charge in [0.1, 0.15) is 0 Å². The highest BCUT2D eigenvalue weighted by atomic mass is 14.8. The van der Waals surface area contributed by atoms with E-state index in [1.807, 2.05) is 56.3 Å². The van der Waals surface area contributed by atoms with Crippen LogP contribution in [0.25, 0.3) is 79.2 Å². The highest BCUT2D eigenvalue weighted by molar-refractivity contribution is 6.05. The van der Waals surface area contributed by atoms with Gasteiger partial charge in [-0.15, -0.1) is 0 Å². The average Bonchev–Trinajstić information content (AvgIpc) is 3.15. The summed E-state index contributed by atoms with van der Waals surface area (Å²) >= 11 is 0. The Morgan fingerprint density at radius 1 is 0.500 bits per heavy atom. The monoisotopic (exact) mass is 664 g/mol. The van der Waals surface area contributed by atoms with Crippen molar-refractivity contribution in [1.29, 1.82) is 0 Å². The molecule has 0 saturated heterocycles. The van der Waals surface area contributed by atoms with Gasteiger partial charge in [-0.3, -0.25) is 0 Å². The molecule has 0 aliphatic rings. The van der Waals surface area contributed by atoms with Crippen molar-refractivity contribution >= 4 is 79.2 Å². The van der Waals surface area contributed by atoms with Crippen molar-refractivity contribution in [2.75, 3.05) is 0 Å². The Labute approximate surface area is 299 Å². The van der Waals surface area contributed by atoms with Crippen LogP contribution < -0.4 is 10.4 Å². The highest BCUT2D eigenvalue weighted by Gasteiger charge is 2.11. The van der Waals surface area contributed by atoms with E-state index in [1.54, 1.807) is 0 Å². The van der Waals surface area contributed by atoms with Crippen molar-refractivity contribution < 1.29 is 0 Å². The van der Waals surface area contributed by atoms with Crippen molar-refractivity contribution in [3.05, 3.63) is 95.4 Å². The number of rotatable bonds is 6. The summed E-state index contributed by atoms with van der Waals surface area (Å²) in [6, 6.07) is 20.6. The summed E-state index contributed by atoms with van der Waals surface area (Å²) in [4.78, 5) is 20.4. The van der Waals surface area contributed by atoms with Gasteiger partial charge in [0, 0.05) is 27.1 Å². The van der Waals surface area contributed by atoms with Crippen LogP contribution in [0.2, 0.25) is 0 Å². The normalized spacial score (nSPS) is 12.5. The molecular weight excluding hydrogens is 609 g/mol. The molecule has 1 aromatic carbocycles. The van der Waals surface area contributed by atoms with E-state index in [1.165, 1.54) is 25.7 Å². The first kappa shape index (κ1) is 38.1. The van der Waals surface area contributed by atoms with E-state index in [2.05, 4.69) is 111 Å². The van der Waals surface area contributed by atoms with Crippen LogP contribution in [-0.2, 0) is 0 Å². The molecule has 0 aliphatic heterocycles. The lowest BCUT2D eigenvalue weighted by Gasteiger charge is -2.18. The second kappa shape index (κ2) is 16.3. The van der Waals surface area contributed by atoms with Crippen LogP contribution in [0.15, 0.2) is 73.8 Å². The minimum absolute atomic E-state index is 0.583. The zero-order chi connectivity index (χ0) is 36.6. The van der Waals surface area contributed by atoms with Crippen LogP contribution in [-0.4, -0.2) is 19.9 Å². The summed E-state index contributed by atoms with van der Waals surface area (Å²) in [6.45, 7) is 30.3. The Bertz CT molecular complexity index is 2290. The minimum Gasteiger partial charge on any atom is -0.245 e. The third kappa shape index (κ3) is 8.35. The van der Waals surface area contributed by atoms with Crippen molar-refractivity contribution in [3.63, 3.8) is 0 Å². The third-order valence-corrected chi connectivity index (χ3v) is 10.5. The Morgan fingerprint density at radius 2 is 0.940 bits per heavy atom. The topological polar surface area (TPSA) is 51.6 Å². The fourth-order valence-corrected chi connectivity index (χ4v) is 5.35. The molecule has 50 heavy (non-hydrogen) atoms. The predicted octanol–water partition coefficient (Wildman–Crippen LogP) is 12.1. The van der Waals surface area contributed by atoms with E-state index >= 15 is 0 Å². The molecule has 5 heterocycles. The number of aromatic nitrogens is 4. The molecule has 6 aromatic rings. The maximum absolute atomic E-state index is 5.13. The Hall–Kier alpha value is -4.70. The minimum atomic E-state index is 0.583. The maximum Gasteiger partial charge on any atom is 0.0972 e. The van der Waals surface area contributed by atoms with E-state index in [-0.39, 0.29) is 0 Å². The van der Waals surface area contributed by atoms with Gasteiger partial charge in [0.15, 0.2) is 0 Å². The lowest BCUT2D eigenvalue weighted by molar-refractivity contribution is 0.338. The molecule has 0 radical (unpaired) electrons. The molecule has 6 rings (SSSR count). The molecule has 8 bridgehead atoms. The number of pyridine rings is 4. The van der Waals surface area contributed by atoms with Crippen LogP contribution in [0.5, 0.6) is 0 Å². The number of fused-ring (bicyclic) bond motifs is 7. The first-order valence-electron chi connectivity index (χ1n) is 18.2. The number of hydrogen-bond acceptors (Lipinski definition) is 4. The summed E-state index contributed by atoms with van der Waals surface area (Å²) in [6.07, 6.45) is 13.0. The standard InChI is InChI=1S/C32H24N4.2C7H16/c1-5-19-11-17-27-28-18-12-20(6-2)30(36-28)24(8-4)26-16-14-22-10-9-21-13-15-25(23(7-3)29(19)35-27)33-31(21)32(22)34-26;2*1-5-7(3,4)6-2/h5-18H,1,4H2,2-3H3;2*5-6H2,1-4H3/b20-6-,23-7-,30-24?;;. The molecule has 0 amide bonds. The van der Waals surface area contributed by atoms with E-state index in [0.717, 1.165) is 76.5 Å². The molecule has 4 nitrogen and oxygen atoms in total. The zero-order valence-corrected chi connectivity index (χ0v) is 32.1. The predicted molar refractivity (Wildman–Crippen MR) is 222 cm³/mol. The van der Waals surface area contributed by atoms with E-state index in [9.17, 15) is 0 Å². The van der Waals surface area contributed by atoms with Gasteiger partial charge in [-0.2, -0.15) is 0 Å². The van der Waals surface area contributed by atoms with Gasteiger partial charge in [0.2, 0.25) is 0 Å². The summed E-state index contributed by atoms with van der Waals surface area (Å²) in [7, 11) is 0. The second-order valence-corrected chi connectivity index (χ2v) is 14.4. The van der Waals surface area contributed by atoms with Crippen molar-refractivity contribution in [2.24, 2.45) is 10.8 Å². The molecule has 0 aliphatic carbocycles. The number of nitrogens with zero attached hydrogens (tertiary/aromatic N) is 4. The second-order valence-electron chi connectivity index (χ2n) is 14.4. The van der Waals surface area contributed by atoms with Crippen LogP contribution in [0.4, 0.5) is 0 Å². The van der Waals surface area contributed by atoms with Gasteiger partial charge in [0.25, 0.3) is 0 Å². The van der Waals surface area contributed by atoms with Crippen LogP contribution in [0.1, 0.15) is 106 Å². The van der Waals surface area contributed by atoms with E-state index < -0.39 is 0 Å². The Morgan fingerprint density at radius 3 is 1.40 bits per heavy atom. The summed E-state index contributed by atoms with van der Waals surface area (Å²) < 4.78 is 0. The van der Waals surface area contributed by atoms with Crippen molar-refractivity contribution in [3.8, 4) is 0 Å². The summed E-state index contributed by atoms with van der Waals surface area (Å²) in [5.74, 6) is 0. The fraction of sp³-hybridized carbons (Fsp3) is 0.348. The maximum atomic E-state index is 5.13. The molecule has 0 fully saturated rings. The summed E-state index contributed by atoms with van der Waals surface area (Å²) in [5.41, 5.74) is 9.54. The molecule has 0 saturated carbocycles. The molecule has 0 N–H and O–H groups in total. The molecule has 4 heteroatoms. The van der Waals surface area contributed by atoms with Crippen molar-refractivity contribution in [2.45, 2.75) is 94.9 Å². The van der Waals surface area contributed by atoms with Crippen LogP contribution >= 0.6 is 0 Å². The molecule has 5 aromatic heterocycles. The quantitative estimate of drug-likeness (QED) is 0.166. The highest BCUT2D eigenvalue weighted by Crippen LogP contribution is 2.26. The van der Waals surface area contributed by atoms with Crippen LogP contribution in [0.3, 0.4) is 0 Å². The number of hydrogen-bond donors (Lipinski definition) is 0. The SMILES string of the molecule is C=Cc1c2ccc3ccc4ccc(nc4c3n2)/c(=C/C)c2nc(ccc2C=C)c2cc/c(=C/C)c1n2.CCC(C)(C)CC.CCC(C)(C)CC. The third-order valence-electron chi connectivity index (χ3n) is 10.5.